The number of hydrogen-bond acceptors (Lipinski definition) is 3. The Bertz CT molecular complexity index is 605. The molecule has 3 N–H and O–H groups in total. The van der Waals surface area contributed by atoms with Crippen molar-refractivity contribution in [3.8, 4) is 0 Å². The highest BCUT2D eigenvalue weighted by Crippen LogP contribution is 2.68. The molecule has 0 amide bonds. The summed E-state index contributed by atoms with van der Waals surface area (Å²) in [6.45, 7) is 7.20. The Morgan fingerprint density at radius 1 is 0.929 bits per heavy atom. The third-order valence-electron chi connectivity index (χ3n) is 10.3. The molecule has 10 atom stereocenters. The van der Waals surface area contributed by atoms with Crippen LogP contribution in [0.1, 0.15) is 85.0 Å². The summed E-state index contributed by atoms with van der Waals surface area (Å²) in [6.07, 6.45) is 9.13. The van der Waals surface area contributed by atoms with E-state index in [4.69, 9.17) is 5.11 Å². The second-order valence-corrected chi connectivity index (χ2v) is 11.3. The van der Waals surface area contributed by atoms with Gasteiger partial charge in [-0.2, -0.15) is 0 Å². The van der Waals surface area contributed by atoms with Gasteiger partial charge in [0.15, 0.2) is 0 Å². The molecule has 0 aromatic heterocycles. The van der Waals surface area contributed by atoms with Gasteiger partial charge in [-0.05, 0) is 104 Å². The predicted molar refractivity (Wildman–Crippen MR) is 109 cm³/mol. The molecular formula is C24H40O4. The van der Waals surface area contributed by atoms with Crippen molar-refractivity contribution >= 4 is 5.97 Å². The van der Waals surface area contributed by atoms with E-state index in [0.717, 1.165) is 37.5 Å². The van der Waals surface area contributed by atoms with Gasteiger partial charge in [-0.15, -0.1) is 0 Å². The smallest absolute Gasteiger partial charge is 0.303 e. The van der Waals surface area contributed by atoms with E-state index < -0.39 is 18.2 Å². The van der Waals surface area contributed by atoms with Gasteiger partial charge < -0.3 is 15.3 Å². The summed E-state index contributed by atoms with van der Waals surface area (Å²) in [6, 6.07) is 0. The van der Waals surface area contributed by atoms with Gasteiger partial charge in [0, 0.05) is 6.42 Å². The van der Waals surface area contributed by atoms with Gasteiger partial charge in [0.05, 0.1) is 12.2 Å². The molecule has 4 heteroatoms. The van der Waals surface area contributed by atoms with Crippen molar-refractivity contribution in [2.45, 2.75) is 97.2 Å². The van der Waals surface area contributed by atoms with Crippen LogP contribution >= 0.6 is 0 Å². The molecular weight excluding hydrogens is 352 g/mol. The van der Waals surface area contributed by atoms with Gasteiger partial charge in [0.25, 0.3) is 0 Å². The summed E-state index contributed by atoms with van der Waals surface area (Å²) in [4.78, 5) is 11.0. The zero-order valence-electron chi connectivity index (χ0n) is 17.9. The van der Waals surface area contributed by atoms with Crippen molar-refractivity contribution in [1.29, 1.82) is 0 Å². The number of aliphatic hydroxyl groups excluding tert-OH is 2. The monoisotopic (exact) mass is 392 g/mol. The van der Waals surface area contributed by atoms with Crippen molar-refractivity contribution in [3.05, 3.63) is 0 Å². The molecule has 4 saturated carbocycles. The summed E-state index contributed by atoms with van der Waals surface area (Å²) >= 11 is 0. The molecule has 0 saturated heterocycles. The molecule has 28 heavy (non-hydrogen) atoms. The third-order valence-corrected chi connectivity index (χ3v) is 10.3. The molecule has 0 heterocycles. The lowest BCUT2D eigenvalue weighted by atomic mass is 9.44. The second-order valence-electron chi connectivity index (χ2n) is 11.3. The molecule has 0 aliphatic heterocycles. The Hall–Kier alpha value is -0.610. The summed E-state index contributed by atoms with van der Waals surface area (Å²) < 4.78 is 0. The Kier molecular flexibility index (Phi) is 5.36. The summed E-state index contributed by atoms with van der Waals surface area (Å²) in [5.41, 5.74) is 0.533. The van der Waals surface area contributed by atoms with Gasteiger partial charge in [0.1, 0.15) is 0 Å². The normalized spacial score (nSPS) is 51.7. The zero-order valence-corrected chi connectivity index (χ0v) is 17.9. The molecule has 4 fully saturated rings. The number of fused-ring (bicyclic) bond motifs is 5. The number of aliphatic hydroxyl groups is 2. The number of carbonyl (C=O) groups is 1. The molecule has 0 aromatic rings. The van der Waals surface area contributed by atoms with E-state index in [0.29, 0.717) is 29.6 Å². The molecule has 4 nitrogen and oxygen atoms in total. The van der Waals surface area contributed by atoms with Crippen LogP contribution in [0.4, 0.5) is 0 Å². The highest BCUT2D eigenvalue weighted by molar-refractivity contribution is 5.66. The number of rotatable bonds is 4. The lowest BCUT2D eigenvalue weighted by molar-refractivity contribution is -0.174. The minimum atomic E-state index is -0.667. The molecule has 4 aliphatic rings. The molecule has 4 aliphatic carbocycles. The maximum Gasteiger partial charge on any atom is 0.303 e. The minimum Gasteiger partial charge on any atom is -0.481 e. The van der Waals surface area contributed by atoms with E-state index in [1.54, 1.807) is 0 Å². The van der Waals surface area contributed by atoms with Crippen molar-refractivity contribution < 1.29 is 20.1 Å². The summed E-state index contributed by atoms with van der Waals surface area (Å²) in [5.74, 6) is 2.92. The van der Waals surface area contributed by atoms with Crippen LogP contribution in [0.15, 0.2) is 0 Å². The Morgan fingerprint density at radius 3 is 2.29 bits per heavy atom. The largest absolute Gasteiger partial charge is 0.481 e. The Balaban J connectivity index is 1.53. The highest BCUT2D eigenvalue weighted by atomic mass is 16.4. The quantitative estimate of drug-likeness (QED) is 0.659. The first-order valence-corrected chi connectivity index (χ1v) is 11.8. The van der Waals surface area contributed by atoms with E-state index in [9.17, 15) is 15.0 Å². The van der Waals surface area contributed by atoms with Crippen LogP contribution < -0.4 is 0 Å². The lowest BCUT2D eigenvalue weighted by Gasteiger charge is -2.62. The summed E-state index contributed by atoms with van der Waals surface area (Å²) in [5, 5.41) is 30.0. The SMILES string of the molecule is C[C@H](CCC(=O)O)[C@H]1CC[C@H]2[C@@H]3CC[C@@H]4[C@@H](O)[C@H](O)CC[C@]4(C)[C@H]3CC[C@]12C. The lowest BCUT2D eigenvalue weighted by Crippen LogP contribution is -2.58. The van der Waals surface area contributed by atoms with E-state index in [-0.39, 0.29) is 11.3 Å². The van der Waals surface area contributed by atoms with Crippen LogP contribution in [0.5, 0.6) is 0 Å². The first kappa shape index (κ1) is 20.7. The molecule has 4 rings (SSSR count). The van der Waals surface area contributed by atoms with Crippen LogP contribution in [0.3, 0.4) is 0 Å². The van der Waals surface area contributed by atoms with Crippen LogP contribution in [-0.4, -0.2) is 33.5 Å². The Labute approximate surface area is 170 Å². The van der Waals surface area contributed by atoms with Crippen LogP contribution in [0.25, 0.3) is 0 Å². The van der Waals surface area contributed by atoms with E-state index >= 15 is 0 Å². The summed E-state index contributed by atoms with van der Waals surface area (Å²) in [7, 11) is 0. The maximum absolute atomic E-state index is 11.0. The van der Waals surface area contributed by atoms with Crippen molar-refractivity contribution in [2.24, 2.45) is 46.3 Å². The fourth-order valence-corrected chi connectivity index (χ4v) is 8.84. The first-order valence-electron chi connectivity index (χ1n) is 11.8. The average Bonchev–Trinajstić information content (AvgIpc) is 3.00. The number of hydrogen-bond donors (Lipinski definition) is 3. The molecule has 0 spiro atoms. The molecule has 0 radical (unpaired) electrons. The van der Waals surface area contributed by atoms with Gasteiger partial charge >= 0.3 is 5.97 Å². The average molecular weight is 393 g/mol. The zero-order chi connectivity index (χ0) is 20.3. The van der Waals surface area contributed by atoms with Crippen LogP contribution in [-0.2, 0) is 4.79 Å². The molecule has 0 aromatic carbocycles. The highest BCUT2D eigenvalue weighted by Gasteiger charge is 2.61. The second kappa shape index (κ2) is 7.27. The van der Waals surface area contributed by atoms with Gasteiger partial charge in [0.2, 0.25) is 0 Å². The molecule has 0 bridgehead atoms. The third kappa shape index (κ3) is 3.05. The van der Waals surface area contributed by atoms with E-state index in [1.165, 1.54) is 32.1 Å². The van der Waals surface area contributed by atoms with Crippen LogP contribution in [0.2, 0.25) is 0 Å². The predicted octanol–water partition coefficient (Wildman–Crippen LogP) is 4.48. The van der Waals surface area contributed by atoms with Crippen molar-refractivity contribution in [3.63, 3.8) is 0 Å². The first-order chi connectivity index (χ1) is 13.2. The van der Waals surface area contributed by atoms with E-state index in [2.05, 4.69) is 20.8 Å². The van der Waals surface area contributed by atoms with Crippen molar-refractivity contribution in [2.75, 3.05) is 0 Å². The topological polar surface area (TPSA) is 77.8 Å². The number of aliphatic carboxylic acids is 1. The van der Waals surface area contributed by atoms with Gasteiger partial charge in [-0.25, -0.2) is 0 Å². The van der Waals surface area contributed by atoms with Gasteiger partial charge in [-0.1, -0.05) is 20.8 Å². The fourth-order valence-electron chi connectivity index (χ4n) is 8.84. The van der Waals surface area contributed by atoms with Gasteiger partial charge in [-0.3, -0.25) is 4.79 Å². The number of carboxylic acids is 1. The standard InChI is InChI=1S/C24H40O4/c1-14(4-9-21(26)27)16-7-8-17-15-5-6-19-22(28)20(25)11-13-24(19,3)18(15)10-12-23(16,17)2/h14-20,22,25,28H,4-13H2,1-3H3,(H,26,27)/t14-,15+,16-,17+,18+,19-,20-,22-,23-,24-/m1/s1. The molecule has 160 valence electrons. The fraction of sp³-hybridized carbons (Fsp3) is 0.958. The van der Waals surface area contributed by atoms with E-state index in [1.807, 2.05) is 0 Å². The molecule has 0 unspecified atom stereocenters. The van der Waals surface area contributed by atoms with Crippen LogP contribution in [0, 0.1) is 46.3 Å². The van der Waals surface area contributed by atoms with Crippen molar-refractivity contribution in [1.82, 2.24) is 0 Å². The Morgan fingerprint density at radius 2 is 1.57 bits per heavy atom. The number of carboxylic acid groups (broad SMARTS) is 1. The maximum atomic E-state index is 11.0. The minimum absolute atomic E-state index is 0.176.